The van der Waals surface area contributed by atoms with Crippen molar-refractivity contribution in [3.8, 4) is 0 Å². The van der Waals surface area contributed by atoms with Crippen LogP contribution in [0.1, 0.15) is 29.5 Å². The lowest BCUT2D eigenvalue weighted by molar-refractivity contribution is -0.117. The number of hydrogen-bond acceptors (Lipinski definition) is 4. The van der Waals surface area contributed by atoms with Crippen molar-refractivity contribution in [2.75, 3.05) is 5.32 Å². The second-order valence-electron chi connectivity index (χ2n) is 6.07. The van der Waals surface area contributed by atoms with Crippen LogP contribution in [-0.2, 0) is 18.4 Å². The summed E-state index contributed by atoms with van der Waals surface area (Å²) >= 11 is 5.02. The normalized spacial score (nSPS) is 18.9. The maximum Gasteiger partial charge on any atom is 0.251 e. The monoisotopic (exact) mass is 345 g/mol. The van der Waals surface area contributed by atoms with Gasteiger partial charge in [-0.25, -0.2) is 0 Å². The van der Waals surface area contributed by atoms with Gasteiger partial charge in [0.2, 0.25) is 5.91 Å². The second-order valence-corrected chi connectivity index (χ2v) is 6.46. The first-order valence-corrected chi connectivity index (χ1v) is 8.16. The summed E-state index contributed by atoms with van der Waals surface area (Å²) in [5.74, 6) is 1.07. The highest BCUT2D eigenvalue weighted by Gasteiger charge is 2.39. The summed E-state index contributed by atoms with van der Waals surface area (Å²) in [6, 6.07) is 6.83. The van der Waals surface area contributed by atoms with Gasteiger partial charge in [0.1, 0.15) is 0 Å². The fourth-order valence-corrected chi connectivity index (χ4v) is 2.58. The van der Waals surface area contributed by atoms with Gasteiger partial charge in [-0.3, -0.25) is 14.7 Å². The molecule has 8 heteroatoms. The Labute approximate surface area is 144 Å². The van der Waals surface area contributed by atoms with E-state index in [2.05, 4.69) is 27.8 Å². The molecule has 1 aromatic carbocycles. The van der Waals surface area contributed by atoms with Gasteiger partial charge >= 0.3 is 0 Å². The van der Waals surface area contributed by atoms with E-state index < -0.39 is 0 Å². The van der Waals surface area contributed by atoms with Crippen molar-refractivity contribution in [2.24, 2.45) is 18.9 Å². The van der Waals surface area contributed by atoms with Crippen molar-refractivity contribution >= 4 is 29.7 Å². The number of carbonyl (C=O) groups is 2. The van der Waals surface area contributed by atoms with Crippen LogP contribution in [-0.4, -0.2) is 26.6 Å². The van der Waals surface area contributed by atoms with Crippen LogP contribution in [0.4, 0.5) is 5.69 Å². The van der Waals surface area contributed by atoms with E-state index in [-0.39, 0.29) is 24.3 Å². The first-order valence-electron chi connectivity index (χ1n) is 7.75. The highest BCUT2D eigenvalue weighted by Crippen LogP contribution is 2.38. The molecule has 0 spiro atoms. The number of hydrogen-bond donors (Lipinski definition) is 3. The summed E-state index contributed by atoms with van der Waals surface area (Å²) in [4.78, 5) is 24.0. The molecule has 24 heavy (non-hydrogen) atoms. The van der Waals surface area contributed by atoms with Crippen molar-refractivity contribution in [2.45, 2.75) is 19.9 Å². The zero-order valence-corrected chi connectivity index (χ0v) is 14.3. The lowest BCUT2D eigenvalue weighted by atomic mass is 10.2. The van der Waals surface area contributed by atoms with Crippen LogP contribution in [0.3, 0.4) is 0 Å². The third-order valence-corrected chi connectivity index (χ3v) is 4.61. The van der Waals surface area contributed by atoms with Gasteiger partial charge in [0.05, 0.1) is 6.54 Å². The van der Waals surface area contributed by atoms with Gasteiger partial charge in [0.25, 0.3) is 5.91 Å². The predicted octanol–water partition coefficient (Wildman–Crippen LogP) is 2.00. The molecule has 1 fully saturated rings. The molecule has 2 aromatic rings. The average molecular weight is 345 g/mol. The van der Waals surface area contributed by atoms with Gasteiger partial charge in [-0.05, 0) is 48.8 Å². The average Bonchev–Trinajstić information content (AvgIpc) is 3.23. The molecular weight excluding hydrogens is 326 g/mol. The minimum atomic E-state index is -0.211. The van der Waals surface area contributed by atoms with Crippen LogP contribution >= 0.6 is 12.2 Å². The molecular formula is C16H19N5O2S. The maximum absolute atomic E-state index is 12.2. The summed E-state index contributed by atoms with van der Waals surface area (Å²) in [6.45, 7) is 2.34. The summed E-state index contributed by atoms with van der Waals surface area (Å²) in [5, 5.41) is 12.4. The molecule has 2 atom stereocenters. The molecule has 0 radical (unpaired) electrons. The quantitative estimate of drug-likeness (QED) is 0.723. The number of nitrogens with one attached hydrogen (secondary N) is 3. The van der Waals surface area contributed by atoms with Crippen LogP contribution in [0.5, 0.6) is 0 Å². The molecule has 1 aliphatic rings. The zero-order valence-electron chi connectivity index (χ0n) is 13.5. The zero-order chi connectivity index (χ0) is 17.3. The molecule has 0 unspecified atom stereocenters. The Morgan fingerprint density at radius 2 is 2.04 bits per heavy atom. The smallest absolute Gasteiger partial charge is 0.251 e. The second kappa shape index (κ2) is 6.56. The molecule has 1 heterocycles. The third kappa shape index (κ3) is 3.53. The van der Waals surface area contributed by atoms with Crippen LogP contribution in [0, 0.1) is 16.6 Å². The Balaban J connectivity index is 1.56. The van der Waals surface area contributed by atoms with E-state index in [1.165, 1.54) is 0 Å². The number of aromatic nitrogens is 3. The van der Waals surface area contributed by atoms with Gasteiger partial charge in [0.15, 0.2) is 10.6 Å². The molecule has 126 valence electrons. The largest absolute Gasteiger partial charge is 0.345 e. The SMILES string of the molecule is C[C@H]1C[C@@H]1C(=O)Nc1ccc(C(=O)NCc2n[nH]c(=S)n2C)cc1. The number of rotatable bonds is 5. The van der Waals surface area contributed by atoms with E-state index in [0.717, 1.165) is 6.42 Å². The molecule has 1 aliphatic carbocycles. The van der Waals surface area contributed by atoms with Crippen LogP contribution in [0.15, 0.2) is 24.3 Å². The number of benzene rings is 1. The third-order valence-electron chi connectivity index (χ3n) is 4.24. The van der Waals surface area contributed by atoms with Gasteiger partial charge < -0.3 is 15.2 Å². The molecule has 1 saturated carbocycles. The Kier molecular flexibility index (Phi) is 4.48. The molecule has 1 aromatic heterocycles. The molecule has 0 saturated heterocycles. The number of anilines is 1. The van der Waals surface area contributed by atoms with E-state index in [0.29, 0.717) is 27.8 Å². The first kappa shape index (κ1) is 16.4. The van der Waals surface area contributed by atoms with E-state index in [9.17, 15) is 9.59 Å². The summed E-state index contributed by atoms with van der Waals surface area (Å²) in [5.41, 5.74) is 1.22. The van der Waals surface area contributed by atoms with Crippen LogP contribution in [0.25, 0.3) is 0 Å². The minimum absolute atomic E-state index is 0.0467. The molecule has 7 nitrogen and oxygen atoms in total. The van der Waals surface area contributed by atoms with Crippen molar-refractivity contribution in [3.05, 3.63) is 40.4 Å². The number of nitrogens with zero attached hydrogens (tertiary/aromatic N) is 2. The van der Waals surface area contributed by atoms with E-state index >= 15 is 0 Å². The fourth-order valence-electron chi connectivity index (χ4n) is 2.43. The van der Waals surface area contributed by atoms with Crippen molar-refractivity contribution in [1.82, 2.24) is 20.1 Å². The van der Waals surface area contributed by atoms with Gasteiger partial charge in [-0.1, -0.05) is 6.92 Å². The summed E-state index contributed by atoms with van der Waals surface area (Å²) in [6.07, 6.45) is 0.947. The predicted molar refractivity (Wildman–Crippen MR) is 91.9 cm³/mol. The Hall–Kier alpha value is -2.48. The number of amides is 2. The molecule has 3 rings (SSSR count). The van der Waals surface area contributed by atoms with E-state index in [1.54, 1.807) is 35.9 Å². The maximum atomic E-state index is 12.2. The van der Waals surface area contributed by atoms with Gasteiger partial charge in [-0.15, -0.1) is 0 Å². The Morgan fingerprint density at radius 3 is 2.58 bits per heavy atom. The molecule has 0 aliphatic heterocycles. The highest BCUT2D eigenvalue weighted by molar-refractivity contribution is 7.71. The van der Waals surface area contributed by atoms with Gasteiger partial charge in [0, 0.05) is 24.2 Å². The highest BCUT2D eigenvalue weighted by atomic mass is 32.1. The van der Waals surface area contributed by atoms with Gasteiger partial charge in [-0.2, -0.15) is 5.10 Å². The lowest BCUT2D eigenvalue weighted by Gasteiger charge is -2.07. The molecule has 2 amide bonds. The van der Waals surface area contributed by atoms with E-state index in [1.807, 2.05) is 0 Å². The summed E-state index contributed by atoms with van der Waals surface area (Å²) in [7, 11) is 1.78. The van der Waals surface area contributed by atoms with Crippen LogP contribution in [0.2, 0.25) is 0 Å². The lowest BCUT2D eigenvalue weighted by Crippen LogP contribution is -2.24. The van der Waals surface area contributed by atoms with Crippen LogP contribution < -0.4 is 10.6 Å². The van der Waals surface area contributed by atoms with Crippen molar-refractivity contribution < 1.29 is 9.59 Å². The van der Waals surface area contributed by atoms with Crippen molar-refractivity contribution in [1.29, 1.82) is 0 Å². The van der Waals surface area contributed by atoms with Crippen molar-refractivity contribution in [3.63, 3.8) is 0 Å². The Morgan fingerprint density at radius 1 is 1.38 bits per heavy atom. The minimum Gasteiger partial charge on any atom is -0.345 e. The summed E-state index contributed by atoms with van der Waals surface area (Å²) < 4.78 is 2.21. The number of aromatic amines is 1. The number of H-pyrrole nitrogens is 1. The molecule has 0 bridgehead atoms. The van der Waals surface area contributed by atoms with E-state index in [4.69, 9.17) is 12.2 Å². The fraction of sp³-hybridized carbons (Fsp3) is 0.375. The number of carbonyl (C=O) groups excluding carboxylic acids is 2. The first-order chi connectivity index (χ1) is 11.5. The Bertz CT molecular complexity index is 824. The standard InChI is InChI=1S/C16H19N5O2S/c1-9-7-12(9)15(23)18-11-5-3-10(4-6-11)14(22)17-8-13-19-20-16(24)21(13)2/h3-6,9,12H,7-8H2,1-2H3,(H,17,22)(H,18,23)(H,20,24)/t9-,12-/m0/s1. The molecule has 3 N–H and O–H groups in total. The topological polar surface area (TPSA) is 91.8 Å².